The van der Waals surface area contributed by atoms with Gasteiger partial charge >= 0.3 is 0 Å². The normalized spacial score (nSPS) is 16.6. The van der Waals surface area contributed by atoms with Gasteiger partial charge in [-0.25, -0.2) is 13.1 Å². The van der Waals surface area contributed by atoms with Crippen LogP contribution in [0.5, 0.6) is 11.5 Å². The van der Waals surface area contributed by atoms with E-state index in [0.717, 1.165) is 12.8 Å². The maximum absolute atomic E-state index is 12.4. The first kappa shape index (κ1) is 16.5. The Bertz CT molecular complexity index is 628. The highest BCUT2D eigenvalue weighted by atomic mass is 79.9. The van der Waals surface area contributed by atoms with E-state index in [9.17, 15) is 13.5 Å². The van der Waals surface area contributed by atoms with Crippen molar-refractivity contribution in [1.82, 2.24) is 4.72 Å². The molecule has 2 N–H and O–H groups in total. The van der Waals surface area contributed by atoms with Gasteiger partial charge in [0.15, 0.2) is 11.5 Å². The van der Waals surface area contributed by atoms with Gasteiger partial charge in [0.1, 0.15) is 4.90 Å². The Kier molecular flexibility index (Phi) is 4.82. The Labute approximate surface area is 132 Å². The molecule has 0 unspecified atom stereocenters. The van der Waals surface area contributed by atoms with E-state index in [4.69, 9.17) is 9.47 Å². The van der Waals surface area contributed by atoms with Crippen LogP contribution < -0.4 is 14.2 Å². The number of rotatable bonds is 7. The van der Waals surface area contributed by atoms with Crippen LogP contribution in [0.15, 0.2) is 21.5 Å². The molecule has 118 valence electrons. The number of hydrogen-bond donors (Lipinski definition) is 2. The number of sulfonamides is 1. The van der Waals surface area contributed by atoms with E-state index in [1.165, 1.54) is 20.3 Å². The van der Waals surface area contributed by atoms with Crippen molar-refractivity contribution in [2.45, 2.75) is 17.7 Å². The third-order valence-electron chi connectivity index (χ3n) is 3.66. The Hall–Kier alpha value is -0.830. The maximum Gasteiger partial charge on any atom is 0.241 e. The number of hydrogen-bond acceptors (Lipinski definition) is 5. The van der Waals surface area contributed by atoms with E-state index in [0.29, 0.717) is 16.0 Å². The number of methoxy groups -OCH3 is 2. The van der Waals surface area contributed by atoms with Gasteiger partial charge in [0.05, 0.1) is 14.2 Å². The molecule has 1 saturated carbocycles. The second-order valence-corrected chi connectivity index (χ2v) is 7.71. The second kappa shape index (κ2) is 6.12. The zero-order valence-electron chi connectivity index (χ0n) is 11.8. The molecule has 1 aromatic rings. The van der Waals surface area contributed by atoms with Crippen LogP contribution in [0, 0.1) is 5.41 Å². The quantitative estimate of drug-likeness (QED) is 0.749. The molecule has 0 amide bonds. The van der Waals surface area contributed by atoms with Gasteiger partial charge in [0, 0.05) is 29.1 Å². The van der Waals surface area contributed by atoms with Gasteiger partial charge in [-0.2, -0.15) is 0 Å². The minimum Gasteiger partial charge on any atom is -0.493 e. The first-order valence-electron chi connectivity index (χ1n) is 6.39. The van der Waals surface area contributed by atoms with Gasteiger partial charge in [-0.15, -0.1) is 0 Å². The summed E-state index contributed by atoms with van der Waals surface area (Å²) in [6.07, 6.45) is 1.66. The Morgan fingerprint density at radius 2 is 1.86 bits per heavy atom. The van der Waals surface area contributed by atoms with Gasteiger partial charge in [0.2, 0.25) is 10.0 Å². The zero-order valence-corrected chi connectivity index (χ0v) is 14.3. The average Bonchev–Trinajstić information content (AvgIpc) is 3.25. The van der Waals surface area contributed by atoms with Gasteiger partial charge in [-0.1, -0.05) is 0 Å². The first-order chi connectivity index (χ1) is 9.87. The van der Waals surface area contributed by atoms with Crippen LogP contribution in [0.3, 0.4) is 0 Å². The zero-order chi connectivity index (χ0) is 15.7. The first-order valence-corrected chi connectivity index (χ1v) is 8.67. The molecular weight excluding hydrogens is 362 g/mol. The van der Waals surface area contributed by atoms with Crippen molar-refractivity contribution >= 4 is 26.0 Å². The molecule has 1 fully saturated rings. The number of halogens is 1. The minimum absolute atomic E-state index is 0.0113. The Morgan fingerprint density at radius 3 is 2.33 bits per heavy atom. The van der Waals surface area contributed by atoms with Crippen molar-refractivity contribution < 1.29 is 23.0 Å². The molecule has 6 nitrogen and oxygen atoms in total. The van der Waals surface area contributed by atoms with E-state index >= 15 is 0 Å². The molecule has 0 aromatic heterocycles. The van der Waals surface area contributed by atoms with Crippen LogP contribution >= 0.6 is 15.9 Å². The number of benzene rings is 1. The van der Waals surface area contributed by atoms with Gasteiger partial charge in [0.25, 0.3) is 0 Å². The second-order valence-electron chi connectivity index (χ2n) is 5.12. The molecule has 2 rings (SSSR count). The number of nitrogens with one attached hydrogen (secondary N) is 1. The summed E-state index contributed by atoms with van der Waals surface area (Å²) in [6, 6.07) is 2.95. The molecule has 0 atom stereocenters. The van der Waals surface area contributed by atoms with Crippen LogP contribution in [-0.2, 0) is 10.0 Å². The third-order valence-corrected chi connectivity index (χ3v) is 6.02. The van der Waals surface area contributed by atoms with Crippen molar-refractivity contribution in [3.63, 3.8) is 0 Å². The van der Waals surface area contributed by atoms with E-state index in [1.54, 1.807) is 6.07 Å². The van der Waals surface area contributed by atoms with Gasteiger partial charge in [-0.05, 0) is 34.8 Å². The van der Waals surface area contributed by atoms with Crippen molar-refractivity contribution in [2.24, 2.45) is 5.41 Å². The highest BCUT2D eigenvalue weighted by molar-refractivity contribution is 9.10. The monoisotopic (exact) mass is 379 g/mol. The summed E-state index contributed by atoms with van der Waals surface area (Å²) >= 11 is 3.24. The van der Waals surface area contributed by atoms with Gasteiger partial charge < -0.3 is 14.6 Å². The van der Waals surface area contributed by atoms with Crippen molar-refractivity contribution in [1.29, 1.82) is 0 Å². The Morgan fingerprint density at radius 1 is 1.29 bits per heavy atom. The summed E-state index contributed by atoms with van der Waals surface area (Å²) in [7, 11) is -0.769. The van der Waals surface area contributed by atoms with Crippen molar-refractivity contribution in [3.8, 4) is 11.5 Å². The minimum atomic E-state index is -3.70. The van der Waals surface area contributed by atoms with Crippen LogP contribution in [0.25, 0.3) is 0 Å². The van der Waals surface area contributed by atoms with Crippen LogP contribution in [-0.4, -0.2) is 40.9 Å². The molecule has 0 bridgehead atoms. The largest absolute Gasteiger partial charge is 0.493 e. The predicted octanol–water partition coefficient (Wildman–Crippen LogP) is 1.52. The molecule has 21 heavy (non-hydrogen) atoms. The molecular formula is C13H18BrNO5S. The standard InChI is InChI=1S/C13H18BrNO5S/c1-19-10-5-9(14)12(6-11(10)20-2)21(17,18)15-7-13(8-16)3-4-13/h5-6,15-16H,3-4,7-8H2,1-2H3. The molecule has 8 heteroatoms. The van der Waals surface area contributed by atoms with Crippen molar-refractivity contribution in [3.05, 3.63) is 16.6 Å². The molecule has 0 saturated heterocycles. The maximum atomic E-state index is 12.4. The smallest absolute Gasteiger partial charge is 0.241 e. The summed E-state index contributed by atoms with van der Waals surface area (Å²) in [5, 5.41) is 9.25. The fourth-order valence-electron chi connectivity index (χ4n) is 1.93. The molecule has 0 aliphatic heterocycles. The molecule has 1 aliphatic carbocycles. The topological polar surface area (TPSA) is 84.9 Å². The lowest BCUT2D eigenvalue weighted by Gasteiger charge is -2.15. The molecule has 0 spiro atoms. The highest BCUT2D eigenvalue weighted by Gasteiger charge is 2.42. The summed E-state index contributed by atoms with van der Waals surface area (Å²) in [5.74, 6) is 0.779. The summed E-state index contributed by atoms with van der Waals surface area (Å²) < 4.78 is 38.0. The highest BCUT2D eigenvalue weighted by Crippen LogP contribution is 2.44. The van der Waals surface area contributed by atoms with Crippen LogP contribution in [0.1, 0.15) is 12.8 Å². The lowest BCUT2D eigenvalue weighted by atomic mass is 10.1. The number of ether oxygens (including phenoxy) is 2. The summed E-state index contributed by atoms with van der Waals surface area (Å²) in [4.78, 5) is 0.0777. The van der Waals surface area contributed by atoms with E-state index in [2.05, 4.69) is 20.7 Å². The average molecular weight is 380 g/mol. The fraction of sp³-hybridized carbons (Fsp3) is 0.538. The number of aliphatic hydroxyl groups is 1. The molecule has 0 heterocycles. The lowest BCUT2D eigenvalue weighted by Crippen LogP contribution is -2.32. The van der Waals surface area contributed by atoms with Crippen LogP contribution in [0.4, 0.5) is 0 Å². The van der Waals surface area contributed by atoms with E-state index < -0.39 is 10.0 Å². The molecule has 1 aromatic carbocycles. The Balaban J connectivity index is 2.27. The van der Waals surface area contributed by atoms with Crippen LogP contribution in [0.2, 0.25) is 0 Å². The fourth-order valence-corrected chi connectivity index (χ4v) is 4.13. The molecule has 1 aliphatic rings. The predicted molar refractivity (Wildman–Crippen MR) is 81.2 cm³/mol. The lowest BCUT2D eigenvalue weighted by molar-refractivity contribution is 0.213. The van der Waals surface area contributed by atoms with Crippen molar-refractivity contribution in [2.75, 3.05) is 27.4 Å². The summed E-state index contributed by atoms with van der Waals surface area (Å²) in [5.41, 5.74) is -0.296. The van der Waals surface area contributed by atoms with E-state index in [-0.39, 0.29) is 23.5 Å². The van der Waals surface area contributed by atoms with Gasteiger partial charge in [-0.3, -0.25) is 0 Å². The number of aliphatic hydroxyl groups excluding tert-OH is 1. The third kappa shape index (κ3) is 3.50. The summed E-state index contributed by atoms with van der Waals surface area (Å²) in [6.45, 7) is 0.218. The van der Waals surface area contributed by atoms with E-state index in [1.807, 2.05) is 0 Å². The SMILES string of the molecule is COc1cc(Br)c(S(=O)(=O)NCC2(CO)CC2)cc1OC. The molecule has 0 radical (unpaired) electrons.